The van der Waals surface area contributed by atoms with Crippen LogP contribution in [0.4, 0.5) is 11.8 Å². The zero-order valence-corrected chi connectivity index (χ0v) is 14.4. The fourth-order valence-electron chi connectivity index (χ4n) is 2.70. The van der Waals surface area contributed by atoms with E-state index in [9.17, 15) is 10.4 Å². The number of hydrogen-bond donors (Lipinski definition) is 3. The average molecular weight is 343 g/mol. The van der Waals surface area contributed by atoms with Gasteiger partial charge in [-0.15, -0.1) is 0 Å². The minimum Gasteiger partial charge on any atom is -0.392 e. The molecule has 9 heteroatoms. The lowest BCUT2D eigenvalue weighted by atomic mass is 9.64. The van der Waals surface area contributed by atoms with E-state index in [1.54, 1.807) is 6.92 Å². The number of hydrogen-bond acceptors (Lipinski definition) is 9. The highest BCUT2D eigenvalue weighted by atomic mass is 16.5. The molecule has 0 bridgehead atoms. The maximum atomic E-state index is 9.86. The fourth-order valence-corrected chi connectivity index (χ4v) is 2.70. The molecule has 0 saturated heterocycles. The first kappa shape index (κ1) is 17.1. The molecule has 0 amide bonds. The molecule has 3 N–H and O–H groups in total. The molecular weight excluding hydrogens is 322 g/mol. The standard InChI is InChI=1S/C16H21N7O2/c1-9-20-13(23-25-9)4-5-18-15-19-8-10(7-17)14(22-15)21-11-6-12(24)16(11,2)3/h8,11-12,24H,4-6H2,1-3H3,(H2,18,19,21,22)/t11-,12?/m1/s1. The van der Waals surface area contributed by atoms with Crippen LogP contribution < -0.4 is 10.6 Å². The van der Waals surface area contributed by atoms with Gasteiger partial charge in [0.25, 0.3) is 0 Å². The fraction of sp³-hybridized carbons (Fsp3) is 0.562. The molecule has 9 nitrogen and oxygen atoms in total. The van der Waals surface area contributed by atoms with Gasteiger partial charge in [0.15, 0.2) is 5.82 Å². The maximum absolute atomic E-state index is 9.86. The van der Waals surface area contributed by atoms with Crippen molar-refractivity contribution in [1.82, 2.24) is 20.1 Å². The summed E-state index contributed by atoms with van der Waals surface area (Å²) in [6, 6.07) is 2.14. The van der Waals surface area contributed by atoms with Gasteiger partial charge in [-0.25, -0.2) is 4.98 Å². The van der Waals surface area contributed by atoms with Crippen molar-refractivity contribution in [3.63, 3.8) is 0 Å². The van der Waals surface area contributed by atoms with Gasteiger partial charge in [-0.05, 0) is 6.42 Å². The van der Waals surface area contributed by atoms with Crippen LogP contribution in [-0.4, -0.2) is 43.9 Å². The third kappa shape index (κ3) is 3.53. The van der Waals surface area contributed by atoms with E-state index in [2.05, 4.69) is 36.8 Å². The van der Waals surface area contributed by atoms with Crippen LogP contribution in [0.2, 0.25) is 0 Å². The molecule has 2 atom stereocenters. The lowest BCUT2D eigenvalue weighted by Crippen LogP contribution is -2.57. The summed E-state index contributed by atoms with van der Waals surface area (Å²) in [5.41, 5.74) is 0.110. The smallest absolute Gasteiger partial charge is 0.224 e. The third-order valence-electron chi connectivity index (χ3n) is 4.64. The van der Waals surface area contributed by atoms with Crippen molar-refractivity contribution in [2.75, 3.05) is 17.2 Å². The highest BCUT2D eigenvalue weighted by Gasteiger charge is 2.47. The molecule has 0 aliphatic heterocycles. The number of anilines is 2. The molecule has 0 radical (unpaired) electrons. The minimum atomic E-state index is -0.353. The summed E-state index contributed by atoms with van der Waals surface area (Å²) >= 11 is 0. The predicted molar refractivity (Wildman–Crippen MR) is 89.8 cm³/mol. The summed E-state index contributed by atoms with van der Waals surface area (Å²) in [5.74, 6) is 2.03. The second kappa shape index (κ2) is 6.64. The summed E-state index contributed by atoms with van der Waals surface area (Å²) < 4.78 is 4.92. The van der Waals surface area contributed by atoms with E-state index in [1.807, 2.05) is 13.8 Å². The highest BCUT2D eigenvalue weighted by Crippen LogP contribution is 2.42. The predicted octanol–water partition coefficient (Wildman–Crippen LogP) is 1.27. The van der Waals surface area contributed by atoms with E-state index in [4.69, 9.17) is 4.52 Å². The Morgan fingerprint density at radius 3 is 2.84 bits per heavy atom. The largest absolute Gasteiger partial charge is 0.392 e. The lowest BCUT2D eigenvalue weighted by Gasteiger charge is -2.49. The maximum Gasteiger partial charge on any atom is 0.224 e. The molecule has 2 aromatic rings. The van der Waals surface area contributed by atoms with Gasteiger partial charge < -0.3 is 20.3 Å². The first-order valence-electron chi connectivity index (χ1n) is 8.15. The van der Waals surface area contributed by atoms with Gasteiger partial charge >= 0.3 is 0 Å². The van der Waals surface area contributed by atoms with E-state index in [-0.39, 0.29) is 17.6 Å². The Balaban J connectivity index is 1.64. The van der Waals surface area contributed by atoms with Crippen LogP contribution >= 0.6 is 0 Å². The summed E-state index contributed by atoms with van der Waals surface area (Å²) in [7, 11) is 0. The average Bonchev–Trinajstić information content (AvgIpc) is 3.00. The van der Waals surface area contributed by atoms with Crippen LogP contribution in [0.15, 0.2) is 10.7 Å². The summed E-state index contributed by atoms with van der Waals surface area (Å²) in [6.45, 7) is 6.25. The Kier molecular flexibility index (Phi) is 4.55. The van der Waals surface area contributed by atoms with Crippen LogP contribution in [0.25, 0.3) is 0 Å². The number of nitrogens with one attached hydrogen (secondary N) is 2. The number of rotatable bonds is 6. The number of aryl methyl sites for hydroxylation is 1. The molecule has 0 spiro atoms. The SMILES string of the molecule is Cc1nc(CCNc2ncc(C#N)c(N[C@@H]3CC(O)C3(C)C)n2)no1. The molecule has 2 heterocycles. The van der Waals surface area contributed by atoms with Crippen molar-refractivity contribution in [3.8, 4) is 6.07 Å². The monoisotopic (exact) mass is 343 g/mol. The van der Waals surface area contributed by atoms with E-state index < -0.39 is 0 Å². The van der Waals surface area contributed by atoms with Crippen molar-refractivity contribution in [3.05, 3.63) is 23.5 Å². The second-order valence-electron chi connectivity index (χ2n) is 6.74. The zero-order chi connectivity index (χ0) is 18.0. The molecule has 1 aliphatic carbocycles. The van der Waals surface area contributed by atoms with E-state index >= 15 is 0 Å². The second-order valence-corrected chi connectivity index (χ2v) is 6.74. The lowest BCUT2D eigenvalue weighted by molar-refractivity contribution is -0.0511. The summed E-state index contributed by atoms with van der Waals surface area (Å²) in [6.07, 6.45) is 2.33. The van der Waals surface area contributed by atoms with Crippen molar-refractivity contribution in [2.45, 2.75) is 45.8 Å². The molecule has 1 aliphatic rings. The van der Waals surface area contributed by atoms with Gasteiger partial charge in [0, 0.05) is 31.3 Å². The molecule has 0 aromatic carbocycles. The Bertz CT molecular complexity index is 796. The van der Waals surface area contributed by atoms with Gasteiger partial charge in [-0.3, -0.25) is 0 Å². The normalized spacial score (nSPS) is 21.2. The van der Waals surface area contributed by atoms with Crippen molar-refractivity contribution >= 4 is 11.8 Å². The topological polar surface area (TPSA) is 133 Å². The number of aliphatic hydroxyl groups is 1. The molecular formula is C16H21N7O2. The van der Waals surface area contributed by atoms with Gasteiger partial charge in [0.2, 0.25) is 11.8 Å². The first-order chi connectivity index (χ1) is 11.9. The van der Waals surface area contributed by atoms with Gasteiger partial charge in [-0.1, -0.05) is 19.0 Å². The first-order valence-corrected chi connectivity index (χ1v) is 8.15. The molecule has 1 fully saturated rings. The van der Waals surface area contributed by atoms with Crippen molar-refractivity contribution in [2.24, 2.45) is 5.41 Å². The van der Waals surface area contributed by atoms with Gasteiger partial charge in [0.1, 0.15) is 17.5 Å². The number of nitrogens with zero attached hydrogens (tertiary/aromatic N) is 5. The zero-order valence-electron chi connectivity index (χ0n) is 14.4. The Morgan fingerprint density at radius 1 is 1.44 bits per heavy atom. The Labute approximate surface area is 145 Å². The van der Waals surface area contributed by atoms with Crippen LogP contribution in [0.5, 0.6) is 0 Å². The molecule has 1 unspecified atom stereocenters. The van der Waals surface area contributed by atoms with Crippen LogP contribution in [0, 0.1) is 23.7 Å². The van der Waals surface area contributed by atoms with E-state index in [0.717, 1.165) is 0 Å². The number of nitriles is 1. The van der Waals surface area contributed by atoms with Gasteiger partial charge in [-0.2, -0.15) is 15.2 Å². The van der Waals surface area contributed by atoms with Gasteiger partial charge in [0.05, 0.1) is 12.3 Å². The molecule has 2 aromatic heterocycles. The summed E-state index contributed by atoms with van der Waals surface area (Å²) in [4.78, 5) is 12.7. The number of aliphatic hydroxyl groups excluding tert-OH is 1. The quantitative estimate of drug-likeness (QED) is 0.709. The highest BCUT2D eigenvalue weighted by molar-refractivity contribution is 5.54. The van der Waals surface area contributed by atoms with Crippen LogP contribution in [-0.2, 0) is 6.42 Å². The summed E-state index contributed by atoms with van der Waals surface area (Å²) in [5, 5.41) is 29.3. The Morgan fingerprint density at radius 2 is 2.24 bits per heavy atom. The number of aromatic nitrogens is 4. The molecule has 3 rings (SSSR count). The molecule has 25 heavy (non-hydrogen) atoms. The third-order valence-corrected chi connectivity index (χ3v) is 4.64. The molecule has 1 saturated carbocycles. The minimum absolute atomic E-state index is 0.0552. The molecule has 132 valence electrons. The van der Waals surface area contributed by atoms with Crippen molar-refractivity contribution < 1.29 is 9.63 Å². The van der Waals surface area contributed by atoms with E-state index in [1.165, 1.54) is 6.20 Å². The van der Waals surface area contributed by atoms with E-state index in [0.29, 0.717) is 48.4 Å². The Hall–Kier alpha value is -2.73. The van der Waals surface area contributed by atoms with Crippen molar-refractivity contribution in [1.29, 1.82) is 5.26 Å². The van der Waals surface area contributed by atoms with Crippen LogP contribution in [0.3, 0.4) is 0 Å². The van der Waals surface area contributed by atoms with Crippen LogP contribution in [0.1, 0.15) is 37.5 Å².